The van der Waals surface area contributed by atoms with Crippen LogP contribution in [0.3, 0.4) is 0 Å². The summed E-state index contributed by atoms with van der Waals surface area (Å²) in [4.78, 5) is 20.1. The van der Waals surface area contributed by atoms with E-state index in [9.17, 15) is 9.18 Å². The summed E-state index contributed by atoms with van der Waals surface area (Å²) in [5.41, 5.74) is 2.45. The van der Waals surface area contributed by atoms with Crippen molar-refractivity contribution in [2.24, 2.45) is 0 Å². The molecular formula is C20H18FN3O2. The lowest BCUT2D eigenvalue weighted by atomic mass is 10.2. The van der Waals surface area contributed by atoms with Gasteiger partial charge in [0.05, 0.1) is 11.9 Å². The van der Waals surface area contributed by atoms with E-state index in [1.807, 2.05) is 19.1 Å². The molecule has 1 amide bonds. The van der Waals surface area contributed by atoms with Gasteiger partial charge in [-0.05, 0) is 30.7 Å². The molecule has 1 aromatic heterocycles. The van der Waals surface area contributed by atoms with Gasteiger partial charge < -0.3 is 10.1 Å². The van der Waals surface area contributed by atoms with Gasteiger partial charge in [0.2, 0.25) is 0 Å². The quantitative estimate of drug-likeness (QED) is 0.739. The predicted molar refractivity (Wildman–Crippen MR) is 95.1 cm³/mol. The maximum absolute atomic E-state index is 13.6. The van der Waals surface area contributed by atoms with Crippen LogP contribution in [0.1, 0.15) is 27.3 Å². The van der Waals surface area contributed by atoms with Gasteiger partial charge in [0.15, 0.2) is 0 Å². The van der Waals surface area contributed by atoms with Crippen molar-refractivity contribution in [2.45, 2.75) is 20.1 Å². The normalized spacial score (nSPS) is 10.4. The van der Waals surface area contributed by atoms with E-state index in [1.54, 1.807) is 36.5 Å². The van der Waals surface area contributed by atoms with E-state index in [2.05, 4.69) is 15.3 Å². The lowest BCUT2D eigenvalue weighted by molar-refractivity contribution is 0.0945. The number of hydrogen-bond acceptors (Lipinski definition) is 4. The number of hydrogen-bond donors (Lipinski definition) is 1. The molecule has 0 aliphatic carbocycles. The minimum Gasteiger partial charge on any atom is -0.489 e. The van der Waals surface area contributed by atoms with Gasteiger partial charge in [-0.2, -0.15) is 0 Å². The van der Waals surface area contributed by atoms with Gasteiger partial charge in [0.25, 0.3) is 5.91 Å². The minimum atomic E-state index is -0.286. The molecular weight excluding hydrogens is 333 g/mol. The van der Waals surface area contributed by atoms with E-state index >= 15 is 0 Å². The zero-order valence-corrected chi connectivity index (χ0v) is 14.3. The predicted octanol–water partition coefficient (Wildman–Crippen LogP) is 3.43. The molecule has 0 radical (unpaired) electrons. The van der Waals surface area contributed by atoms with Crippen LogP contribution in [0, 0.1) is 12.7 Å². The molecule has 0 unspecified atom stereocenters. The molecule has 3 aromatic rings. The highest BCUT2D eigenvalue weighted by atomic mass is 19.1. The van der Waals surface area contributed by atoms with Gasteiger partial charge in [-0.1, -0.05) is 30.3 Å². The Hall–Kier alpha value is -3.28. The lowest BCUT2D eigenvalue weighted by Crippen LogP contribution is -2.24. The van der Waals surface area contributed by atoms with Gasteiger partial charge in [0.1, 0.15) is 23.9 Å². The number of ether oxygens (including phenoxy) is 1. The SMILES string of the molecule is Cc1cnc(C(=O)NCc2ccc(OCc3ccccc3F)cc2)cn1. The van der Waals surface area contributed by atoms with Crippen LogP contribution in [0.2, 0.25) is 0 Å². The summed E-state index contributed by atoms with van der Waals surface area (Å²) < 4.78 is 19.2. The van der Waals surface area contributed by atoms with E-state index in [0.717, 1.165) is 11.3 Å². The van der Waals surface area contributed by atoms with E-state index in [1.165, 1.54) is 12.3 Å². The third-order valence-electron chi connectivity index (χ3n) is 3.74. The van der Waals surface area contributed by atoms with Crippen molar-refractivity contribution in [3.63, 3.8) is 0 Å². The Morgan fingerprint density at radius 3 is 2.54 bits per heavy atom. The van der Waals surface area contributed by atoms with Crippen molar-refractivity contribution in [1.82, 2.24) is 15.3 Å². The van der Waals surface area contributed by atoms with Crippen LogP contribution in [-0.2, 0) is 13.2 Å². The fourth-order valence-corrected chi connectivity index (χ4v) is 2.26. The fourth-order valence-electron chi connectivity index (χ4n) is 2.26. The molecule has 2 aromatic carbocycles. The molecule has 1 heterocycles. The van der Waals surface area contributed by atoms with Crippen molar-refractivity contribution < 1.29 is 13.9 Å². The van der Waals surface area contributed by atoms with Crippen LogP contribution in [0.4, 0.5) is 4.39 Å². The Balaban J connectivity index is 1.52. The van der Waals surface area contributed by atoms with Gasteiger partial charge in [-0.25, -0.2) is 9.37 Å². The number of carbonyl (C=O) groups excluding carboxylic acids is 1. The molecule has 5 nitrogen and oxygen atoms in total. The molecule has 0 saturated heterocycles. The summed E-state index contributed by atoms with van der Waals surface area (Å²) in [6, 6.07) is 13.8. The van der Waals surface area contributed by atoms with Crippen LogP contribution in [0.25, 0.3) is 0 Å². The average molecular weight is 351 g/mol. The third-order valence-corrected chi connectivity index (χ3v) is 3.74. The summed E-state index contributed by atoms with van der Waals surface area (Å²) in [6.07, 6.45) is 3.00. The van der Waals surface area contributed by atoms with E-state index in [0.29, 0.717) is 17.9 Å². The molecule has 6 heteroatoms. The number of nitrogens with one attached hydrogen (secondary N) is 1. The van der Waals surface area contributed by atoms with Crippen LogP contribution < -0.4 is 10.1 Å². The molecule has 3 rings (SSSR count). The highest BCUT2D eigenvalue weighted by Gasteiger charge is 2.07. The Kier molecular flexibility index (Phi) is 5.53. The Morgan fingerprint density at radius 2 is 1.85 bits per heavy atom. The molecule has 0 spiro atoms. The summed E-state index contributed by atoms with van der Waals surface area (Å²) in [5.74, 6) is 0.0659. The van der Waals surface area contributed by atoms with Crippen LogP contribution in [0.5, 0.6) is 5.75 Å². The molecule has 26 heavy (non-hydrogen) atoms. The number of amides is 1. The second kappa shape index (κ2) is 8.20. The van der Waals surface area contributed by atoms with Gasteiger partial charge in [0, 0.05) is 18.3 Å². The molecule has 132 valence electrons. The number of aryl methyl sites for hydroxylation is 1. The monoisotopic (exact) mass is 351 g/mol. The molecule has 0 bridgehead atoms. The largest absolute Gasteiger partial charge is 0.489 e. The Labute approximate surface area is 150 Å². The minimum absolute atomic E-state index is 0.162. The van der Waals surface area contributed by atoms with Crippen LogP contribution in [-0.4, -0.2) is 15.9 Å². The van der Waals surface area contributed by atoms with Gasteiger partial charge in [-0.15, -0.1) is 0 Å². The number of nitrogens with zero attached hydrogens (tertiary/aromatic N) is 2. The van der Waals surface area contributed by atoms with Crippen LogP contribution in [0.15, 0.2) is 60.9 Å². The second-order valence-electron chi connectivity index (χ2n) is 5.75. The number of benzene rings is 2. The molecule has 0 atom stereocenters. The molecule has 0 fully saturated rings. The molecule has 1 N–H and O–H groups in total. The molecule has 0 aliphatic rings. The van der Waals surface area contributed by atoms with Crippen molar-refractivity contribution in [3.8, 4) is 5.75 Å². The molecule has 0 aliphatic heterocycles. The number of aromatic nitrogens is 2. The summed E-state index contributed by atoms with van der Waals surface area (Å²) in [6.45, 7) is 2.33. The Morgan fingerprint density at radius 1 is 1.08 bits per heavy atom. The first-order valence-corrected chi connectivity index (χ1v) is 8.14. The fraction of sp³-hybridized carbons (Fsp3) is 0.150. The highest BCUT2D eigenvalue weighted by molar-refractivity contribution is 5.91. The zero-order valence-electron chi connectivity index (χ0n) is 14.3. The van der Waals surface area contributed by atoms with Crippen molar-refractivity contribution >= 4 is 5.91 Å². The first-order valence-electron chi connectivity index (χ1n) is 8.14. The van der Waals surface area contributed by atoms with Crippen molar-refractivity contribution in [3.05, 3.63) is 89.3 Å². The summed E-state index contributed by atoms with van der Waals surface area (Å²) >= 11 is 0. The average Bonchev–Trinajstić information content (AvgIpc) is 2.67. The number of carbonyl (C=O) groups is 1. The van der Waals surface area contributed by atoms with E-state index in [4.69, 9.17) is 4.74 Å². The second-order valence-corrected chi connectivity index (χ2v) is 5.75. The summed E-state index contributed by atoms with van der Waals surface area (Å²) in [7, 11) is 0. The van der Waals surface area contributed by atoms with Gasteiger partial charge in [-0.3, -0.25) is 9.78 Å². The van der Waals surface area contributed by atoms with Crippen molar-refractivity contribution in [2.75, 3.05) is 0 Å². The first-order chi connectivity index (χ1) is 12.6. The zero-order chi connectivity index (χ0) is 18.4. The number of halogens is 1. The highest BCUT2D eigenvalue weighted by Crippen LogP contribution is 2.15. The smallest absolute Gasteiger partial charge is 0.271 e. The third kappa shape index (κ3) is 4.63. The number of rotatable bonds is 6. The van der Waals surface area contributed by atoms with Crippen LogP contribution >= 0.6 is 0 Å². The molecule has 0 saturated carbocycles. The Bertz CT molecular complexity index is 880. The summed E-state index contributed by atoms with van der Waals surface area (Å²) in [5, 5.41) is 2.79. The maximum atomic E-state index is 13.6. The van der Waals surface area contributed by atoms with Crippen molar-refractivity contribution in [1.29, 1.82) is 0 Å². The first kappa shape index (κ1) is 17.5. The lowest BCUT2D eigenvalue weighted by Gasteiger charge is -2.09. The van der Waals surface area contributed by atoms with E-state index < -0.39 is 0 Å². The standard InChI is InChI=1S/C20H18FN3O2/c1-14-10-23-19(12-22-14)20(25)24-11-15-6-8-17(9-7-15)26-13-16-4-2-3-5-18(16)21/h2-10,12H,11,13H2,1H3,(H,24,25). The van der Waals surface area contributed by atoms with Gasteiger partial charge >= 0.3 is 0 Å². The maximum Gasteiger partial charge on any atom is 0.271 e. The topological polar surface area (TPSA) is 64.1 Å². The van der Waals surface area contributed by atoms with E-state index in [-0.39, 0.29) is 24.0 Å².